The number of aryl methyl sites for hydroxylation is 3. The van der Waals surface area contributed by atoms with Gasteiger partial charge in [-0.2, -0.15) is 0 Å². The zero-order chi connectivity index (χ0) is 75.6. The van der Waals surface area contributed by atoms with Crippen LogP contribution >= 0.6 is 10.7 Å². The molecule has 9 aromatic rings. The second-order valence-electron chi connectivity index (χ2n) is 25.7. The van der Waals surface area contributed by atoms with Crippen LogP contribution in [0.5, 0.6) is 0 Å². The maximum atomic E-state index is 12.7. The molecule has 6 aromatic carbocycles. The Balaban J connectivity index is 0.000000173. The largest absolute Gasteiger partial charge is 0.368 e. The molecule has 6 heterocycles. The number of aromatic nitrogens is 3. The molecule has 0 unspecified atom stereocenters. The number of sulfonamides is 2. The monoisotopic (exact) mass is 1520 g/mol. The first-order valence-electron chi connectivity index (χ1n) is 35.0. The summed E-state index contributed by atoms with van der Waals surface area (Å²) < 4.78 is 74.8. The van der Waals surface area contributed by atoms with Gasteiger partial charge in [0, 0.05) is 231 Å². The van der Waals surface area contributed by atoms with Gasteiger partial charge in [0.25, 0.3) is 9.05 Å². The van der Waals surface area contributed by atoms with Gasteiger partial charge in [0.05, 0.1) is 14.7 Å². The Morgan fingerprint density at radius 2 is 0.613 bits per heavy atom. The van der Waals surface area contributed by atoms with Crippen molar-refractivity contribution in [1.29, 1.82) is 0 Å². The van der Waals surface area contributed by atoms with Crippen molar-refractivity contribution in [2.45, 2.75) is 54.7 Å². The summed E-state index contributed by atoms with van der Waals surface area (Å²) in [6.07, 6.45) is 11.6. The standard InChI is InChI=1S/2C26H31N5O3S.C19H25N5O.C7H7ClO2S/c2*1-21-4-3-5-25(20-21)35(33,34)29(2)15-12-26(32)28-22-6-8-23(9-7-22)30-16-18-31(19-17-30)24-10-13-27-14-11-24;1-20-9-8-19(25)22-16-2-4-17(5-3-16)23-12-14-24(15-13-23)18-6-10-21-11-7-18;1-6-3-2-4-7(5-6)11(8,9)10/h2*3-11,13-14,20H,12,15-19H2,1-2H3,(H,28,32);2-7,10-11,20H,8-9,12-15H2,1H3,(H,22,25);2-5H,1H3. The van der Waals surface area contributed by atoms with E-state index in [-0.39, 0.29) is 58.3 Å². The fourth-order valence-corrected chi connectivity index (χ4v) is 15.4. The van der Waals surface area contributed by atoms with E-state index in [4.69, 9.17) is 10.7 Å². The molecule has 3 aliphatic heterocycles. The number of anilines is 9. The molecule has 0 bridgehead atoms. The summed E-state index contributed by atoms with van der Waals surface area (Å²) >= 11 is 0. The molecule has 3 amide bonds. The number of hydrogen-bond donors (Lipinski definition) is 4. The highest BCUT2D eigenvalue weighted by Crippen LogP contribution is 2.27. The van der Waals surface area contributed by atoms with E-state index in [1.807, 2.05) is 168 Å². The van der Waals surface area contributed by atoms with Gasteiger partial charge in [-0.3, -0.25) is 29.3 Å². The van der Waals surface area contributed by atoms with Crippen LogP contribution in [0.2, 0.25) is 0 Å². The van der Waals surface area contributed by atoms with Gasteiger partial charge in [-0.05, 0) is 190 Å². The van der Waals surface area contributed by atoms with Crippen LogP contribution in [0, 0.1) is 20.8 Å². The summed E-state index contributed by atoms with van der Waals surface area (Å²) in [5, 5.41) is 11.6. The van der Waals surface area contributed by atoms with Crippen molar-refractivity contribution in [2.75, 3.05) is 165 Å². The number of pyridine rings is 3. The van der Waals surface area contributed by atoms with Crippen LogP contribution in [-0.2, 0) is 43.5 Å². The van der Waals surface area contributed by atoms with Gasteiger partial charge in [0.1, 0.15) is 0 Å². The summed E-state index contributed by atoms with van der Waals surface area (Å²) in [6, 6.07) is 55.9. The van der Waals surface area contributed by atoms with Crippen molar-refractivity contribution in [3.8, 4) is 0 Å². The molecule has 3 fully saturated rings. The fraction of sp³-hybridized carbons (Fsp3) is 0.308. The molecule has 12 rings (SSSR count). The first-order valence-corrected chi connectivity index (χ1v) is 40.2. The van der Waals surface area contributed by atoms with Gasteiger partial charge in [0.2, 0.25) is 37.8 Å². The van der Waals surface area contributed by atoms with Gasteiger partial charge in [0.15, 0.2) is 0 Å². The number of nitrogens with one attached hydrogen (secondary N) is 4. The highest BCUT2D eigenvalue weighted by atomic mass is 35.7. The summed E-state index contributed by atoms with van der Waals surface area (Å²) in [5.74, 6) is -0.418. The van der Waals surface area contributed by atoms with Gasteiger partial charge >= 0.3 is 0 Å². The van der Waals surface area contributed by atoms with Crippen LogP contribution < -0.4 is 50.7 Å². The number of halogens is 1. The van der Waals surface area contributed by atoms with Crippen LogP contribution in [0.15, 0.2) is 234 Å². The Bertz CT molecular complexity index is 4440. The highest BCUT2D eigenvalue weighted by Gasteiger charge is 2.25. The predicted molar refractivity (Wildman–Crippen MR) is 425 cm³/mol. The number of piperazine rings is 3. The van der Waals surface area contributed by atoms with Crippen LogP contribution in [0.25, 0.3) is 0 Å². The van der Waals surface area contributed by atoms with E-state index in [0.717, 1.165) is 112 Å². The zero-order valence-corrected chi connectivity index (χ0v) is 63.9. The molecule has 24 nitrogen and oxygen atoms in total. The number of carbonyl (C=O) groups excluding carboxylic acids is 3. The number of amides is 3. The average Bonchev–Trinajstić information content (AvgIpc) is 0.825. The zero-order valence-electron chi connectivity index (χ0n) is 60.7. The minimum Gasteiger partial charge on any atom is -0.368 e. The predicted octanol–water partition coefficient (Wildman–Crippen LogP) is 10.6. The molecular formula is C78H94ClN15O9S3. The number of nitrogens with zero attached hydrogens (tertiary/aromatic N) is 11. The lowest BCUT2D eigenvalue weighted by Crippen LogP contribution is -2.46. The van der Waals surface area contributed by atoms with E-state index < -0.39 is 29.1 Å². The van der Waals surface area contributed by atoms with E-state index in [9.17, 15) is 39.6 Å². The van der Waals surface area contributed by atoms with Gasteiger partial charge in [-0.25, -0.2) is 33.9 Å². The lowest BCUT2D eigenvalue weighted by atomic mass is 10.2. The van der Waals surface area contributed by atoms with Crippen LogP contribution in [0.4, 0.5) is 51.2 Å². The number of hydrogen-bond acceptors (Lipinski definition) is 19. The second kappa shape index (κ2) is 38.8. The molecule has 0 aliphatic carbocycles. The van der Waals surface area contributed by atoms with Crippen molar-refractivity contribution in [1.82, 2.24) is 28.9 Å². The van der Waals surface area contributed by atoms with Crippen LogP contribution in [0.3, 0.4) is 0 Å². The molecular weight excluding hydrogens is 1420 g/mol. The van der Waals surface area contributed by atoms with Crippen molar-refractivity contribution in [2.24, 2.45) is 0 Å². The SMILES string of the molecule is CNCCC(=O)Nc1ccc(N2CCN(c3ccncc3)CC2)cc1.Cc1cccc(S(=O)(=O)Cl)c1.Cc1cccc(S(=O)(=O)N(C)CCC(=O)Nc2ccc(N3CCN(c4ccncc4)CC3)cc2)c1.Cc1cccc(S(=O)(=O)N(C)CCC(=O)Nc2ccc(N3CCN(c4ccncc4)CC3)cc2)c1. The van der Waals surface area contributed by atoms with Crippen molar-refractivity contribution >= 4 is 109 Å². The summed E-state index contributed by atoms with van der Waals surface area (Å²) in [7, 11) is -0.875. The Labute approximate surface area is 628 Å². The number of rotatable bonds is 23. The minimum atomic E-state index is -3.63. The van der Waals surface area contributed by atoms with Gasteiger partial charge < -0.3 is 50.7 Å². The molecule has 4 N–H and O–H groups in total. The Morgan fingerprint density at radius 3 is 0.858 bits per heavy atom. The minimum absolute atomic E-state index is 0.0352. The van der Waals surface area contributed by atoms with E-state index >= 15 is 0 Å². The van der Waals surface area contributed by atoms with Crippen molar-refractivity contribution in [3.05, 3.63) is 236 Å². The second-order valence-corrected chi connectivity index (χ2v) is 32.4. The Morgan fingerprint density at radius 1 is 0.368 bits per heavy atom. The third-order valence-electron chi connectivity index (χ3n) is 18.0. The average molecular weight is 1520 g/mol. The lowest BCUT2D eigenvalue weighted by molar-refractivity contribution is -0.117. The lowest BCUT2D eigenvalue weighted by Gasteiger charge is -2.37. The first-order chi connectivity index (χ1) is 50.9. The first kappa shape index (κ1) is 80.1. The summed E-state index contributed by atoms with van der Waals surface area (Å²) in [4.78, 5) is 63.6. The molecule has 106 heavy (non-hydrogen) atoms. The van der Waals surface area contributed by atoms with E-state index in [2.05, 4.69) is 89.9 Å². The summed E-state index contributed by atoms with van der Waals surface area (Å²) in [5.41, 5.74) is 11.9. The van der Waals surface area contributed by atoms with Gasteiger partial charge in [-0.15, -0.1) is 0 Å². The maximum absolute atomic E-state index is 12.7. The Kier molecular flexibility index (Phi) is 29.4. The smallest absolute Gasteiger partial charge is 0.261 e. The van der Waals surface area contributed by atoms with Crippen molar-refractivity contribution < 1.29 is 39.6 Å². The molecule has 0 saturated carbocycles. The van der Waals surface area contributed by atoms with E-state index in [1.165, 1.54) is 57.6 Å². The molecule has 3 aromatic heterocycles. The summed E-state index contributed by atoms with van der Waals surface area (Å²) in [6.45, 7) is 17.7. The Hall–Kier alpha value is -10.0. The number of benzene rings is 6. The van der Waals surface area contributed by atoms with Crippen LogP contribution in [-0.4, -0.2) is 186 Å². The molecule has 0 atom stereocenters. The molecule has 0 radical (unpaired) electrons. The maximum Gasteiger partial charge on any atom is 0.261 e. The molecule has 28 heteroatoms. The fourth-order valence-electron chi connectivity index (χ4n) is 11.9. The third kappa shape index (κ3) is 24.0. The molecule has 560 valence electrons. The quantitative estimate of drug-likeness (QED) is 0.0434. The van der Waals surface area contributed by atoms with E-state index in [0.29, 0.717) is 24.3 Å². The van der Waals surface area contributed by atoms with Crippen LogP contribution in [0.1, 0.15) is 36.0 Å². The third-order valence-corrected chi connectivity index (χ3v) is 23.1. The highest BCUT2D eigenvalue weighted by molar-refractivity contribution is 8.13. The molecule has 0 spiro atoms. The molecule has 3 saturated heterocycles. The molecule has 3 aliphatic rings. The number of carbonyl (C=O) groups is 3. The normalized spacial score (nSPS) is 14.0. The van der Waals surface area contributed by atoms with E-state index in [1.54, 1.807) is 42.5 Å². The van der Waals surface area contributed by atoms with Gasteiger partial charge in [-0.1, -0.05) is 36.4 Å². The van der Waals surface area contributed by atoms with Crippen molar-refractivity contribution in [3.63, 3.8) is 0 Å². The topological polar surface area (TPSA) is 266 Å².